The molecule has 1 rings (SSSR count). The molecule has 0 bridgehead atoms. The van der Waals surface area contributed by atoms with Crippen LogP contribution in [0.25, 0.3) is 5.57 Å². The number of halogens is 3. The zero-order valence-electron chi connectivity index (χ0n) is 9.45. The van der Waals surface area contributed by atoms with Crippen molar-refractivity contribution in [2.75, 3.05) is 14.1 Å². The summed E-state index contributed by atoms with van der Waals surface area (Å²) < 4.78 is 37.4. The van der Waals surface area contributed by atoms with Crippen LogP contribution < -0.4 is 0 Å². The lowest BCUT2D eigenvalue weighted by Gasteiger charge is -2.10. The third-order valence-corrected chi connectivity index (χ3v) is 2.05. The van der Waals surface area contributed by atoms with Crippen LogP contribution in [0.4, 0.5) is 13.2 Å². The molecule has 17 heavy (non-hydrogen) atoms. The summed E-state index contributed by atoms with van der Waals surface area (Å²) in [6.45, 7) is 0. The van der Waals surface area contributed by atoms with Crippen molar-refractivity contribution in [2.24, 2.45) is 0 Å². The molecule has 0 N–H and O–H groups in total. The summed E-state index contributed by atoms with van der Waals surface area (Å²) in [5.41, 5.74) is -0.300. The summed E-state index contributed by atoms with van der Waals surface area (Å²) in [4.78, 5) is 12.4. The first kappa shape index (κ1) is 13.3. The molecule has 0 unspecified atom stereocenters. The lowest BCUT2D eigenvalue weighted by molar-refractivity contribution is -0.137. The Morgan fingerprint density at radius 1 is 1.29 bits per heavy atom. The quantitative estimate of drug-likeness (QED) is 0.601. The summed E-state index contributed by atoms with van der Waals surface area (Å²) in [5, 5.41) is 0. The molecule has 2 nitrogen and oxygen atoms in total. The van der Waals surface area contributed by atoms with Crippen LogP contribution in [0.15, 0.2) is 30.5 Å². The molecule has 0 amide bonds. The van der Waals surface area contributed by atoms with Gasteiger partial charge in [-0.2, -0.15) is 13.2 Å². The van der Waals surface area contributed by atoms with Crippen molar-refractivity contribution in [3.63, 3.8) is 0 Å². The van der Waals surface area contributed by atoms with Gasteiger partial charge in [0.25, 0.3) is 0 Å². The molecule has 0 radical (unpaired) electrons. The molecular weight excluding hydrogens is 231 g/mol. The first-order chi connectivity index (χ1) is 7.84. The Morgan fingerprint density at radius 3 is 2.41 bits per heavy atom. The van der Waals surface area contributed by atoms with Gasteiger partial charge in [-0.3, -0.25) is 4.79 Å². The Balaban J connectivity index is 3.19. The summed E-state index contributed by atoms with van der Waals surface area (Å²) in [6, 6.07) is 4.69. The van der Waals surface area contributed by atoms with Crippen LogP contribution in [0.2, 0.25) is 0 Å². The van der Waals surface area contributed by atoms with Gasteiger partial charge in [-0.05, 0) is 17.7 Å². The molecule has 0 saturated heterocycles. The van der Waals surface area contributed by atoms with E-state index in [1.54, 1.807) is 19.0 Å². The maximum atomic E-state index is 12.5. The molecule has 1 aromatic rings. The van der Waals surface area contributed by atoms with E-state index in [1.807, 2.05) is 0 Å². The van der Waals surface area contributed by atoms with Crippen LogP contribution in [0, 0.1) is 0 Å². The van der Waals surface area contributed by atoms with Crippen LogP contribution in [0.3, 0.4) is 0 Å². The Labute approximate surface area is 97.3 Å². The van der Waals surface area contributed by atoms with Crippen LogP contribution in [-0.4, -0.2) is 25.3 Å². The van der Waals surface area contributed by atoms with Crippen molar-refractivity contribution in [2.45, 2.75) is 6.18 Å². The third-order valence-electron chi connectivity index (χ3n) is 2.05. The second-order valence-corrected chi connectivity index (χ2v) is 3.74. The van der Waals surface area contributed by atoms with Crippen LogP contribution in [-0.2, 0) is 11.0 Å². The van der Waals surface area contributed by atoms with Crippen molar-refractivity contribution in [1.82, 2.24) is 4.90 Å². The van der Waals surface area contributed by atoms with E-state index < -0.39 is 11.7 Å². The van der Waals surface area contributed by atoms with Crippen LogP contribution in [0.1, 0.15) is 11.1 Å². The fourth-order valence-corrected chi connectivity index (χ4v) is 1.33. The minimum atomic E-state index is -4.40. The van der Waals surface area contributed by atoms with Crippen molar-refractivity contribution in [1.29, 1.82) is 0 Å². The number of hydrogen-bond acceptors (Lipinski definition) is 2. The third kappa shape index (κ3) is 3.62. The highest BCUT2D eigenvalue weighted by Crippen LogP contribution is 2.30. The zero-order chi connectivity index (χ0) is 13.1. The number of nitrogens with zero attached hydrogens (tertiary/aromatic N) is 1. The van der Waals surface area contributed by atoms with E-state index in [4.69, 9.17) is 0 Å². The van der Waals surface area contributed by atoms with E-state index in [2.05, 4.69) is 0 Å². The Bertz CT molecular complexity index is 436. The van der Waals surface area contributed by atoms with E-state index in [1.165, 1.54) is 18.3 Å². The van der Waals surface area contributed by atoms with Gasteiger partial charge in [0.15, 0.2) is 6.29 Å². The molecule has 0 atom stereocenters. The Morgan fingerprint density at radius 2 is 1.94 bits per heavy atom. The van der Waals surface area contributed by atoms with Gasteiger partial charge in [0.2, 0.25) is 0 Å². The number of carbonyl (C=O) groups is 1. The molecule has 0 spiro atoms. The van der Waals surface area contributed by atoms with Gasteiger partial charge in [-0.25, -0.2) is 0 Å². The molecule has 0 saturated carbocycles. The fraction of sp³-hybridized carbons (Fsp3) is 0.250. The van der Waals surface area contributed by atoms with E-state index >= 15 is 0 Å². The summed E-state index contributed by atoms with van der Waals surface area (Å²) >= 11 is 0. The smallest absolute Gasteiger partial charge is 0.383 e. The summed E-state index contributed by atoms with van der Waals surface area (Å²) in [7, 11) is 3.38. The fourth-order valence-electron chi connectivity index (χ4n) is 1.33. The first-order valence-corrected chi connectivity index (χ1v) is 4.85. The van der Waals surface area contributed by atoms with Gasteiger partial charge >= 0.3 is 6.18 Å². The molecule has 92 valence electrons. The second-order valence-electron chi connectivity index (χ2n) is 3.74. The minimum Gasteiger partial charge on any atom is -0.383 e. The minimum absolute atomic E-state index is 0.209. The number of allylic oxidation sites excluding steroid dienone is 1. The monoisotopic (exact) mass is 243 g/mol. The van der Waals surface area contributed by atoms with Gasteiger partial charge in [0.05, 0.1) is 5.56 Å². The van der Waals surface area contributed by atoms with Gasteiger partial charge in [0.1, 0.15) is 0 Å². The molecule has 0 aliphatic carbocycles. The van der Waals surface area contributed by atoms with Gasteiger partial charge in [0, 0.05) is 25.9 Å². The van der Waals surface area contributed by atoms with Crippen molar-refractivity contribution >= 4 is 11.9 Å². The molecule has 0 aliphatic rings. The average Bonchev–Trinajstić information content (AvgIpc) is 2.24. The van der Waals surface area contributed by atoms with Crippen molar-refractivity contribution in [3.05, 3.63) is 41.6 Å². The van der Waals surface area contributed by atoms with Crippen LogP contribution in [0.5, 0.6) is 0 Å². The zero-order valence-corrected chi connectivity index (χ0v) is 9.45. The molecule has 1 aromatic carbocycles. The average molecular weight is 243 g/mol. The highest BCUT2D eigenvalue weighted by molar-refractivity contribution is 6.06. The number of carbonyl (C=O) groups excluding carboxylic acids is 1. The largest absolute Gasteiger partial charge is 0.416 e. The standard InChI is InChI=1S/C12H12F3NO/c1-16(2)7-10(8-17)9-4-3-5-11(6-9)12(13,14)15/h3-8H,1-2H3. The predicted octanol–water partition coefficient (Wildman–Crippen LogP) is 2.81. The SMILES string of the molecule is CN(C)C=C(C=O)c1cccc(C(F)(F)F)c1. The summed E-state index contributed by atoms with van der Waals surface area (Å²) in [6.07, 6.45) is -2.39. The highest BCUT2D eigenvalue weighted by Gasteiger charge is 2.30. The Kier molecular flexibility index (Phi) is 3.93. The van der Waals surface area contributed by atoms with E-state index in [0.717, 1.165) is 12.1 Å². The Hall–Kier alpha value is -1.78. The van der Waals surface area contributed by atoms with Gasteiger partial charge in [-0.15, -0.1) is 0 Å². The van der Waals surface area contributed by atoms with E-state index in [9.17, 15) is 18.0 Å². The maximum absolute atomic E-state index is 12.5. The molecular formula is C12H12F3NO. The molecule has 5 heteroatoms. The number of benzene rings is 1. The number of alkyl halides is 3. The highest BCUT2D eigenvalue weighted by atomic mass is 19.4. The molecule has 0 heterocycles. The van der Waals surface area contributed by atoms with Crippen LogP contribution >= 0.6 is 0 Å². The molecule has 0 fully saturated rings. The normalized spacial score (nSPS) is 12.4. The van der Waals surface area contributed by atoms with E-state index in [-0.39, 0.29) is 11.1 Å². The maximum Gasteiger partial charge on any atom is 0.416 e. The summed E-state index contributed by atoms with van der Waals surface area (Å²) in [5.74, 6) is 0. The lowest BCUT2D eigenvalue weighted by Crippen LogP contribution is -2.06. The van der Waals surface area contributed by atoms with Gasteiger partial charge in [-0.1, -0.05) is 12.1 Å². The van der Waals surface area contributed by atoms with Gasteiger partial charge < -0.3 is 4.90 Å². The predicted molar refractivity (Wildman–Crippen MR) is 59.2 cm³/mol. The molecule has 0 aliphatic heterocycles. The van der Waals surface area contributed by atoms with Crippen molar-refractivity contribution in [3.8, 4) is 0 Å². The first-order valence-electron chi connectivity index (χ1n) is 4.85. The number of aldehydes is 1. The lowest BCUT2D eigenvalue weighted by atomic mass is 10.0. The molecule has 0 aromatic heterocycles. The number of rotatable bonds is 3. The topological polar surface area (TPSA) is 20.3 Å². The second kappa shape index (κ2) is 5.03. The van der Waals surface area contributed by atoms with E-state index in [0.29, 0.717) is 6.29 Å². The van der Waals surface area contributed by atoms with Crippen molar-refractivity contribution < 1.29 is 18.0 Å². The number of hydrogen-bond donors (Lipinski definition) is 0.